The fourth-order valence-electron chi connectivity index (χ4n) is 3.41. The molecule has 2 heterocycles. The number of benzene rings is 2. The van der Waals surface area contributed by atoms with Gasteiger partial charge in [-0.15, -0.1) is 0 Å². The third-order valence-electron chi connectivity index (χ3n) is 4.58. The lowest BCUT2D eigenvalue weighted by Crippen LogP contribution is -2.19. The zero-order valence-corrected chi connectivity index (χ0v) is 13.2. The fraction of sp³-hybridized carbons (Fsp3) is 0.316. The summed E-state index contributed by atoms with van der Waals surface area (Å²) < 4.78 is 11.6. The average molecular weight is 309 g/mol. The first-order valence-corrected chi connectivity index (χ1v) is 8.02. The van der Waals surface area contributed by atoms with Crippen LogP contribution in [-0.4, -0.2) is 25.1 Å². The first-order valence-electron chi connectivity index (χ1n) is 8.02. The molecule has 0 unspecified atom stereocenters. The first kappa shape index (κ1) is 14.3. The van der Waals surface area contributed by atoms with Gasteiger partial charge in [-0.3, -0.25) is 9.69 Å². The van der Waals surface area contributed by atoms with Crippen LogP contribution in [0.2, 0.25) is 0 Å². The highest BCUT2D eigenvalue weighted by Gasteiger charge is 2.18. The summed E-state index contributed by atoms with van der Waals surface area (Å²) in [7, 11) is 1.64. The lowest BCUT2D eigenvalue weighted by Gasteiger charge is -2.17. The fourth-order valence-corrected chi connectivity index (χ4v) is 3.41. The minimum absolute atomic E-state index is 0.00660. The van der Waals surface area contributed by atoms with Gasteiger partial charge in [-0.2, -0.15) is 0 Å². The highest BCUT2D eigenvalue weighted by atomic mass is 16.5. The zero-order chi connectivity index (χ0) is 15.8. The van der Waals surface area contributed by atoms with Gasteiger partial charge in [0.05, 0.1) is 17.9 Å². The second kappa shape index (κ2) is 5.70. The van der Waals surface area contributed by atoms with Crippen LogP contribution in [0.15, 0.2) is 45.6 Å². The second-order valence-corrected chi connectivity index (χ2v) is 6.05. The van der Waals surface area contributed by atoms with E-state index in [4.69, 9.17) is 9.15 Å². The molecule has 1 aromatic heterocycles. The van der Waals surface area contributed by atoms with Crippen molar-refractivity contribution < 1.29 is 9.15 Å². The number of fused-ring (bicyclic) bond motifs is 2. The van der Waals surface area contributed by atoms with E-state index in [1.54, 1.807) is 13.2 Å². The molecule has 118 valence electrons. The van der Waals surface area contributed by atoms with E-state index < -0.39 is 0 Å². The maximum absolute atomic E-state index is 12.7. The van der Waals surface area contributed by atoms with Gasteiger partial charge in [0.1, 0.15) is 5.58 Å². The predicted molar refractivity (Wildman–Crippen MR) is 91.1 cm³/mol. The molecule has 1 aliphatic rings. The molecule has 0 spiro atoms. The summed E-state index contributed by atoms with van der Waals surface area (Å²) >= 11 is 0. The molecular weight excluding hydrogens is 290 g/mol. The van der Waals surface area contributed by atoms with Gasteiger partial charge >= 0.3 is 0 Å². The summed E-state index contributed by atoms with van der Waals surface area (Å²) in [5.41, 5.74) is 2.21. The summed E-state index contributed by atoms with van der Waals surface area (Å²) in [5, 5.41) is 1.18. The van der Waals surface area contributed by atoms with E-state index in [-0.39, 0.29) is 5.43 Å². The standard InChI is InChI=1S/C19H19NO3/c1-22-18-13(12-20-10-4-5-11-20)8-9-15-17(21)14-6-2-3-7-16(14)23-19(15)18/h2-3,6-9H,4-5,10-12H2,1H3. The third kappa shape index (κ3) is 2.39. The summed E-state index contributed by atoms with van der Waals surface area (Å²) in [6.45, 7) is 3.06. The van der Waals surface area contributed by atoms with Crippen molar-refractivity contribution in [2.75, 3.05) is 20.2 Å². The van der Waals surface area contributed by atoms with E-state index in [0.717, 1.165) is 25.2 Å². The number of methoxy groups -OCH3 is 1. The number of para-hydroxylation sites is 1. The third-order valence-corrected chi connectivity index (χ3v) is 4.58. The number of hydrogen-bond acceptors (Lipinski definition) is 4. The van der Waals surface area contributed by atoms with Crippen molar-refractivity contribution in [3.63, 3.8) is 0 Å². The second-order valence-electron chi connectivity index (χ2n) is 6.05. The maximum atomic E-state index is 12.7. The monoisotopic (exact) mass is 309 g/mol. The molecule has 23 heavy (non-hydrogen) atoms. The Kier molecular flexibility index (Phi) is 3.54. The van der Waals surface area contributed by atoms with Crippen LogP contribution in [0.1, 0.15) is 18.4 Å². The molecule has 1 saturated heterocycles. The molecule has 0 N–H and O–H groups in total. The largest absolute Gasteiger partial charge is 0.492 e. The minimum atomic E-state index is -0.00660. The normalized spacial score (nSPS) is 15.5. The average Bonchev–Trinajstić information content (AvgIpc) is 3.08. The molecule has 0 bridgehead atoms. The van der Waals surface area contributed by atoms with Crippen molar-refractivity contribution in [1.29, 1.82) is 0 Å². The Morgan fingerprint density at radius 1 is 1.09 bits per heavy atom. The highest BCUT2D eigenvalue weighted by molar-refractivity contribution is 5.93. The highest BCUT2D eigenvalue weighted by Crippen LogP contribution is 2.32. The Labute approximate surface area is 134 Å². The van der Waals surface area contributed by atoms with Crippen LogP contribution >= 0.6 is 0 Å². The maximum Gasteiger partial charge on any atom is 0.200 e. The molecule has 2 aromatic carbocycles. The van der Waals surface area contributed by atoms with E-state index in [0.29, 0.717) is 27.7 Å². The Morgan fingerprint density at radius 3 is 2.65 bits per heavy atom. The van der Waals surface area contributed by atoms with Crippen LogP contribution in [0.25, 0.3) is 21.9 Å². The number of nitrogens with zero attached hydrogens (tertiary/aromatic N) is 1. The SMILES string of the molecule is COc1c(CN2CCCC2)ccc2c(=O)c3ccccc3oc12. The number of rotatable bonds is 3. The minimum Gasteiger partial charge on any atom is -0.492 e. The Morgan fingerprint density at radius 2 is 1.87 bits per heavy atom. The van der Waals surface area contributed by atoms with Crippen molar-refractivity contribution in [1.82, 2.24) is 4.90 Å². The molecule has 4 nitrogen and oxygen atoms in total. The lowest BCUT2D eigenvalue weighted by molar-refractivity contribution is 0.321. The predicted octanol–water partition coefficient (Wildman–Crippen LogP) is 3.55. The van der Waals surface area contributed by atoms with Crippen LogP contribution in [0.5, 0.6) is 5.75 Å². The van der Waals surface area contributed by atoms with Gasteiger partial charge in [-0.1, -0.05) is 18.2 Å². The molecule has 4 heteroatoms. The molecule has 0 radical (unpaired) electrons. The van der Waals surface area contributed by atoms with Crippen LogP contribution in [0.3, 0.4) is 0 Å². The lowest BCUT2D eigenvalue weighted by atomic mass is 10.1. The Hall–Kier alpha value is -2.33. The Balaban J connectivity index is 1.93. The number of hydrogen-bond donors (Lipinski definition) is 0. The molecule has 1 aliphatic heterocycles. The van der Waals surface area contributed by atoms with E-state index in [1.807, 2.05) is 30.3 Å². The molecule has 1 fully saturated rings. The van der Waals surface area contributed by atoms with Gasteiger partial charge in [0.25, 0.3) is 0 Å². The van der Waals surface area contributed by atoms with Crippen LogP contribution in [0, 0.1) is 0 Å². The zero-order valence-electron chi connectivity index (χ0n) is 13.2. The van der Waals surface area contributed by atoms with E-state index in [2.05, 4.69) is 4.90 Å². The van der Waals surface area contributed by atoms with Crippen molar-refractivity contribution in [2.24, 2.45) is 0 Å². The van der Waals surface area contributed by atoms with E-state index in [9.17, 15) is 4.79 Å². The molecular formula is C19H19NO3. The van der Waals surface area contributed by atoms with Crippen LogP contribution in [0.4, 0.5) is 0 Å². The summed E-state index contributed by atoms with van der Waals surface area (Å²) in [4.78, 5) is 15.1. The van der Waals surface area contributed by atoms with Crippen molar-refractivity contribution in [3.8, 4) is 5.75 Å². The van der Waals surface area contributed by atoms with Gasteiger partial charge in [-0.25, -0.2) is 0 Å². The number of ether oxygens (including phenoxy) is 1. The van der Waals surface area contributed by atoms with E-state index in [1.165, 1.54) is 12.8 Å². The molecule has 0 atom stereocenters. The van der Waals surface area contributed by atoms with Gasteiger partial charge in [0.2, 0.25) is 5.43 Å². The van der Waals surface area contributed by atoms with Crippen molar-refractivity contribution in [3.05, 3.63) is 52.2 Å². The molecule has 0 amide bonds. The van der Waals surface area contributed by atoms with Crippen molar-refractivity contribution >= 4 is 21.9 Å². The summed E-state index contributed by atoms with van der Waals surface area (Å²) in [6.07, 6.45) is 2.49. The van der Waals surface area contributed by atoms with Crippen LogP contribution in [-0.2, 0) is 6.54 Å². The molecule has 4 rings (SSSR count). The topological polar surface area (TPSA) is 42.7 Å². The smallest absolute Gasteiger partial charge is 0.200 e. The van der Waals surface area contributed by atoms with E-state index >= 15 is 0 Å². The molecule has 0 saturated carbocycles. The summed E-state index contributed by atoms with van der Waals surface area (Å²) in [5.74, 6) is 0.678. The quantitative estimate of drug-likeness (QED) is 0.694. The molecule has 0 aliphatic carbocycles. The van der Waals surface area contributed by atoms with Gasteiger partial charge in [0, 0.05) is 12.1 Å². The van der Waals surface area contributed by atoms with Gasteiger partial charge in [0.15, 0.2) is 11.3 Å². The summed E-state index contributed by atoms with van der Waals surface area (Å²) in [6, 6.07) is 11.2. The van der Waals surface area contributed by atoms with Crippen molar-refractivity contribution in [2.45, 2.75) is 19.4 Å². The molecule has 3 aromatic rings. The first-order chi connectivity index (χ1) is 11.3. The Bertz CT molecular complexity index is 923. The van der Waals surface area contributed by atoms with Crippen LogP contribution < -0.4 is 10.2 Å². The number of likely N-dealkylation sites (tertiary alicyclic amines) is 1. The van der Waals surface area contributed by atoms with Gasteiger partial charge < -0.3 is 9.15 Å². The van der Waals surface area contributed by atoms with Gasteiger partial charge in [-0.05, 0) is 44.1 Å².